The summed E-state index contributed by atoms with van der Waals surface area (Å²) >= 11 is 1.36. The number of hydrogen-bond donors (Lipinski definition) is 3. The lowest BCUT2D eigenvalue weighted by atomic mass is 10.1. The number of carbonyl (C=O) groups excluding carboxylic acids is 1. The number of nitrogens with one attached hydrogen (secondary N) is 2. The van der Waals surface area contributed by atoms with Gasteiger partial charge in [0.1, 0.15) is 9.71 Å². The number of piperazine rings is 1. The zero-order chi connectivity index (χ0) is 20.0. The third-order valence-corrected chi connectivity index (χ3v) is 7.08. The quantitative estimate of drug-likeness (QED) is 0.606. The Morgan fingerprint density at radius 3 is 2.86 bits per heavy atom. The third kappa shape index (κ3) is 3.45. The van der Waals surface area contributed by atoms with E-state index in [2.05, 4.69) is 44.8 Å². The fourth-order valence-corrected chi connectivity index (χ4v) is 5.45. The normalized spacial score (nSPS) is 20.5. The second-order valence-corrected chi connectivity index (χ2v) is 8.97. The molecule has 0 aliphatic carbocycles. The number of nitrogens with zero attached hydrogens (tertiary/aromatic N) is 2. The molecule has 2 saturated heterocycles. The van der Waals surface area contributed by atoms with Gasteiger partial charge in [-0.2, -0.15) is 0 Å². The van der Waals surface area contributed by atoms with Crippen LogP contribution in [0.2, 0.25) is 0 Å². The Balaban J connectivity index is 1.19. The van der Waals surface area contributed by atoms with Crippen molar-refractivity contribution in [2.45, 2.75) is 31.8 Å². The standard InChI is InChI=1S/C22H25N5OS/c1-13-2-7-18-19(23)20(29-22(18)26-13)21(28)24-9-8-14-3-5-16(6-4-14)27-12-15-10-17(27)11-25-15/h2-7,15,17,25H,8-12,23H2,1H3,(H,24,28)/t15-,17-/m0/s1. The molecule has 2 atom stereocenters. The fraction of sp³-hybridized carbons (Fsp3) is 0.364. The Morgan fingerprint density at radius 1 is 1.31 bits per heavy atom. The predicted octanol–water partition coefficient (Wildman–Crippen LogP) is 2.71. The molecular formula is C22H25N5OS. The van der Waals surface area contributed by atoms with Crippen LogP contribution in [0.4, 0.5) is 11.4 Å². The van der Waals surface area contributed by atoms with E-state index in [0.29, 0.717) is 29.2 Å². The van der Waals surface area contributed by atoms with Gasteiger partial charge in [0.2, 0.25) is 0 Å². The molecule has 6 nitrogen and oxygen atoms in total. The molecule has 4 N–H and O–H groups in total. The molecule has 2 fully saturated rings. The zero-order valence-electron chi connectivity index (χ0n) is 16.4. The summed E-state index contributed by atoms with van der Waals surface area (Å²) in [6.45, 7) is 4.71. The van der Waals surface area contributed by atoms with Crippen molar-refractivity contribution in [3.8, 4) is 0 Å². The number of hydrogen-bond acceptors (Lipinski definition) is 6. The second-order valence-electron chi connectivity index (χ2n) is 7.97. The van der Waals surface area contributed by atoms with Gasteiger partial charge in [-0.3, -0.25) is 4.79 Å². The SMILES string of the molecule is Cc1ccc2c(N)c(C(=O)NCCc3ccc(N4C[C@@H]5C[C@H]4CN5)cc3)sc2n1. The summed E-state index contributed by atoms with van der Waals surface area (Å²) in [4.78, 5) is 20.9. The third-order valence-electron chi connectivity index (χ3n) is 5.96. The van der Waals surface area contributed by atoms with Crippen molar-refractivity contribution in [1.29, 1.82) is 0 Å². The Morgan fingerprint density at radius 2 is 2.14 bits per heavy atom. The Kier molecular flexibility index (Phi) is 4.64. The number of nitrogen functional groups attached to an aromatic ring is 1. The van der Waals surface area contributed by atoms with Crippen LogP contribution in [0.1, 0.15) is 27.3 Å². The summed E-state index contributed by atoms with van der Waals surface area (Å²) in [7, 11) is 0. The first-order valence-electron chi connectivity index (χ1n) is 10.1. The van der Waals surface area contributed by atoms with Gasteiger partial charge in [-0.15, -0.1) is 11.3 Å². The summed E-state index contributed by atoms with van der Waals surface area (Å²) in [6, 6.07) is 13.9. The van der Waals surface area contributed by atoms with Crippen LogP contribution in [0.3, 0.4) is 0 Å². The average Bonchev–Trinajstić information content (AvgIpc) is 3.43. The maximum Gasteiger partial charge on any atom is 0.263 e. The van der Waals surface area contributed by atoms with Gasteiger partial charge in [-0.1, -0.05) is 12.1 Å². The van der Waals surface area contributed by atoms with Gasteiger partial charge in [-0.05, 0) is 49.6 Å². The highest BCUT2D eigenvalue weighted by Gasteiger charge is 2.37. The second kappa shape index (κ2) is 7.31. The molecule has 2 aromatic heterocycles. The minimum atomic E-state index is -0.125. The van der Waals surface area contributed by atoms with E-state index in [1.165, 1.54) is 29.0 Å². The van der Waals surface area contributed by atoms with Crippen LogP contribution in [-0.4, -0.2) is 42.6 Å². The molecule has 3 aromatic rings. The van der Waals surface area contributed by atoms with Crippen molar-refractivity contribution < 1.29 is 4.79 Å². The smallest absolute Gasteiger partial charge is 0.263 e. The van der Waals surface area contributed by atoms with Crippen molar-refractivity contribution in [3.05, 3.63) is 52.5 Å². The van der Waals surface area contributed by atoms with Gasteiger partial charge in [0, 0.05) is 48.5 Å². The van der Waals surface area contributed by atoms with Crippen LogP contribution in [0.15, 0.2) is 36.4 Å². The molecule has 29 heavy (non-hydrogen) atoms. The number of pyridine rings is 1. The van der Waals surface area contributed by atoms with E-state index in [0.717, 1.165) is 35.4 Å². The van der Waals surface area contributed by atoms with Crippen LogP contribution in [-0.2, 0) is 6.42 Å². The average molecular weight is 408 g/mol. The first-order chi connectivity index (χ1) is 14.1. The number of benzene rings is 1. The highest BCUT2D eigenvalue weighted by atomic mass is 32.1. The maximum absolute atomic E-state index is 12.6. The zero-order valence-corrected chi connectivity index (χ0v) is 17.3. The number of amides is 1. The lowest BCUT2D eigenvalue weighted by Crippen LogP contribution is -2.43. The molecule has 150 valence electrons. The van der Waals surface area contributed by atoms with E-state index in [1.54, 1.807) is 0 Å². The largest absolute Gasteiger partial charge is 0.397 e. The molecule has 4 heterocycles. The van der Waals surface area contributed by atoms with E-state index in [1.807, 2.05) is 19.1 Å². The number of anilines is 2. The number of rotatable bonds is 5. The molecule has 7 heteroatoms. The van der Waals surface area contributed by atoms with Crippen LogP contribution in [0.5, 0.6) is 0 Å². The van der Waals surface area contributed by atoms with Crippen LogP contribution < -0.4 is 21.3 Å². The number of aryl methyl sites for hydroxylation is 1. The van der Waals surface area contributed by atoms with E-state index < -0.39 is 0 Å². The number of nitrogens with two attached hydrogens (primary N) is 1. The summed E-state index contributed by atoms with van der Waals surface area (Å²) in [6.07, 6.45) is 2.05. The summed E-state index contributed by atoms with van der Waals surface area (Å²) in [5.41, 5.74) is 10.1. The molecule has 0 unspecified atom stereocenters. The van der Waals surface area contributed by atoms with Gasteiger partial charge in [0.15, 0.2) is 0 Å². The molecule has 0 radical (unpaired) electrons. The molecule has 2 bridgehead atoms. The van der Waals surface area contributed by atoms with Crippen molar-refractivity contribution in [2.75, 3.05) is 30.3 Å². The highest BCUT2D eigenvalue weighted by Crippen LogP contribution is 2.32. The Labute approximate surface area is 174 Å². The number of carbonyl (C=O) groups is 1. The van der Waals surface area contributed by atoms with E-state index >= 15 is 0 Å². The molecule has 0 spiro atoms. The van der Waals surface area contributed by atoms with Crippen molar-refractivity contribution >= 4 is 38.8 Å². The molecule has 1 amide bonds. The van der Waals surface area contributed by atoms with E-state index in [9.17, 15) is 4.79 Å². The first kappa shape index (κ1) is 18.4. The number of fused-ring (bicyclic) bond motifs is 3. The first-order valence-corrected chi connectivity index (χ1v) is 10.9. The van der Waals surface area contributed by atoms with Gasteiger partial charge in [-0.25, -0.2) is 4.98 Å². The Bertz CT molecular complexity index is 1060. The van der Waals surface area contributed by atoms with Crippen molar-refractivity contribution in [1.82, 2.24) is 15.6 Å². The molecule has 2 aliphatic heterocycles. The highest BCUT2D eigenvalue weighted by molar-refractivity contribution is 7.21. The van der Waals surface area contributed by atoms with Gasteiger partial charge >= 0.3 is 0 Å². The summed E-state index contributed by atoms with van der Waals surface area (Å²) in [5, 5.41) is 7.39. The molecular weight excluding hydrogens is 382 g/mol. The van der Waals surface area contributed by atoms with E-state index in [-0.39, 0.29) is 5.91 Å². The number of thiophene rings is 1. The lowest BCUT2D eigenvalue weighted by molar-refractivity contribution is 0.0959. The monoisotopic (exact) mass is 407 g/mol. The molecule has 2 aliphatic rings. The molecule has 1 aromatic carbocycles. The molecule has 5 rings (SSSR count). The van der Waals surface area contributed by atoms with Gasteiger partial charge in [0.25, 0.3) is 5.91 Å². The van der Waals surface area contributed by atoms with Gasteiger partial charge < -0.3 is 21.3 Å². The predicted molar refractivity (Wildman–Crippen MR) is 119 cm³/mol. The summed E-state index contributed by atoms with van der Waals surface area (Å²) < 4.78 is 0. The van der Waals surface area contributed by atoms with E-state index in [4.69, 9.17) is 5.73 Å². The Hall–Kier alpha value is -2.64. The fourth-order valence-electron chi connectivity index (χ4n) is 4.39. The van der Waals surface area contributed by atoms with Crippen LogP contribution in [0, 0.1) is 6.92 Å². The topological polar surface area (TPSA) is 83.3 Å². The minimum Gasteiger partial charge on any atom is -0.397 e. The lowest BCUT2D eigenvalue weighted by Gasteiger charge is -2.29. The van der Waals surface area contributed by atoms with Crippen LogP contribution in [0.25, 0.3) is 10.2 Å². The number of aromatic nitrogens is 1. The maximum atomic E-state index is 12.6. The van der Waals surface area contributed by atoms with Crippen molar-refractivity contribution in [2.24, 2.45) is 0 Å². The van der Waals surface area contributed by atoms with Crippen LogP contribution >= 0.6 is 11.3 Å². The van der Waals surface area contributed by atoms with Crippen molar-refractivity contribution in [3.63, 3.8) is 0 Å². The molecule has 0 saturated carbocycles. The summed E-state index contributed by atoms with van der Waals surface area (Å²) in [5.74, 6) is -0.125. The van der Waals surface area contributed by atoms with Gasteiger partial charge in [0.05, 0.1) is 5.69 Å². The minimum absolute atomic E-state index is 0.125.